The molecule has 0 spiro atoms. The van der Waals surface area contributed by atoms with Crippen LogP contribution in [0, 0.1) is 11.7 Å². The Morgan fingerprint density at radius 1 is 1.09 bits per heavy atom. The number of hydrogen-bond donors (Lipinski definition) is 2. The molecule has 1 amide bonds. The molecule has 1 saturated heterocycles. The lowest BCUT2D eigenvalue weighted by Gasteiger charge is -2.38. The Bertz CT molecular complexity index is 914. The first-order valence-electron chi connectivity index (χ1n) is 11.4. The van der Waals surface area contributed by atoms with Gasteiger partial charge in [-0.2, -0.15) is 0 Å². The second kappa shape index (κ2) is 9.65. The number of ether oxygens (including phenoxy) is 1. The largest absolute Gasteiger partial charge is 0.372 e. The van der Waals surface area contributed by atoms with Gasteiger partial charge in [0.2, 0.25) is 15.9 Å². The van der Waals surface area contributed by atoms with E-state index in [0.29, 0.717) is 50.1 Å². The van der Waals surface area contributed by atoms with Crippen LogP contribution in [0.3, 0.4) is 0 Å². The number of nitrogens with one attached hydrogen (secondary N) is 2. The molecule has 1 saturated carbocycles. The summed E-state index contributed by atoms with van der Waals surface area (Å²) in [5.41, 5.74) is 1.25. The number of carbonyl (C=O) groups excluding carboxylic acids is 1. The average Bonchev–Trinajstić information content (AvgIpc) is 2.68. The fourth-order valence-corrected chi connectivity index (χ4v) is 5.38. The number of benzene rings is 1. The van der Waals surface area contributed by atoms with Gasteiger partial charge in [0, 0.05) is 25.0 Å². The van der Waals surface area contributed by atoms with Crippen molar-refractivity contribution in [3.8, 4) is 0 Å². The van der Waals surface area contributed by atoms with E-state index in [9.17, 15) is 17.6 Å². The standard InChI is InChI=1S/C23H36FN3O4S/c1-15-13-27(14-16(2)31-15)21-12-18(24)8-11-20(21)25-22(28)17-6-9-19(10-7-17)26-32(29,30)23(3,4)5/h8,11-12,15-17,19,26H,6-7,9-10,13-14H2,1-5H3,(H,25,28)/t15-,16?,17?,19?/m0/s1. The molecule has 180 valence electrons. The molecule has 9 heteroatoms. The normalized spacial score (nSPS) is 27.2. The van der Waals surface area contributed by atoms with Crippen molar-refractivity contribution in [1.82, 2.24) is 4.72 Å². The number of sulfonamides is 1. The van der Waals surface area contributed by atoms with Crippen molar-refractivity contribution in [1.29, 1.82) is 0 Å². The first-order chi connectivity index (χ1) is 14.9. The summed E-state index contributed by atoms with van der Waals surface area (Å²) in [6, 6.07) is 4.26. The van der Waals surface area contributed by atoms with Crippen LogP contribution in [0.5, 0.6) is 0 Å². The third kappa shape index (κ3) is 5.99. The second-order valence-electron chi connectivity index (χ2n) is 10.1. The zero-order chi connectivity index (χ0) is 23.7. The lowest BCUT2D eigenvalue weighted by atomic mass is 9.86. The molecular weight excluding hydrogens is 433 g/mol. The Balaban J connectivity index is 1.64. The van der Waals surface area contributed by atoms with Crippen LogP contribution >= 0.6 is 0 Å². The highest BCUT2D eigenvalue weighted by Gasteiger charge is 2.34. The number of rotatable bonds is 5. The van der Waals surface area contributed by atoms with Crippen molar-refractivity contribution in [3.63, 3.8) is 0 Å². The molecule has 2 N–H and O–H groups in total. The number of amides is 1. The van der Waals surface area contributed by atoms with Gasteiger partial charge in [0.05, 0.1) is 28.3 Å². The summed E-state index contributed by atoms with van der Waals surface area (Å²) in [7, 11) is -3.42. The van der Waals surface area contributed by atoms with Crippen molar-refractivity contribution in [2.24, 2.45) is 5.92 Å². The number of carbonyl (C=O) groups is 1. The highest BCUT2D eigenvalue weighted by Crippen LogP contribution is 2.32. The summed E-state index contributed by atoms with van der Waals surface area (Å²) in [5.74, 6) is -0.661. The molecule has 1 heterocycles. The first kappa shape index (κ1) is 24.9. The second-order valence-corrected chi connectivity index (χ2v) is 12.6. The van der Waals surface area contributed by atoms with Crippen LogP contribution in [0.25, 0.3) is 0 Å². The van der Waals surface area contributed by atoms with E-state index >= 15 is 0 Å². The molecular formula is C23H36FN3O4S. The van der Waals surface area contributed by atoms with Gasteiger partial charge < -0.3 is 15.0 Å². The molecule has 2 aliphatic rings. The number of halogens is 1. The minimum absolute atomic E-state index is 0.0118. The third-order valence-corrected chi connectivity index (χ3v) is 8.46. The van der Waals surface area contributed by atoms with E-state index in [-0.39, 0.29) is 35.9 Å². The summed E-state index contributed by atoms with van der Waals surface area (Å²) < 4.78 is 46.5. The maximum atomic E-state index is 14.0. The van der Waals surface area contributed by atoms with Crippen LogP contribution in [-0.2, 0) is 19.6 Å². The van der Waals surface area contributed by atoms with Gasteiger partial charge in [0.15, 0.2) is 0 Å². The molecule has 32 heavy (non-hydrogen) atoms. The molecule has 1 unspecified atom stereocenters. The first-order valence-corrected chi connectivity index (χ1v) is 12.9. The zero-order valence-electron chi connectivity index (χ0n) is 19.7. The third-order valence-electron chi connectivity index (χ3n) is 6.20. The highest BCUT2D eigenvalue weighted by molar-refractivity contribution is 7.90. The quantitative estimate of drug-likeness (QED) is 0.687. The van der Waals surface area contributed by atoms with Crippen molar-refractivity contribution < 1.29 is 22.3 Å². The predicted octanol–water partition coefficient (Wildman–Crippen LogP) is 3.65. The summed E-state index contributed by atoms with van der Waals surface area (Å²) in [6.07, 6.45) is 2.46. The van der Waals surface area contributed by atoms with Gasteiger partial charge in [0.25, 0.3) is 0 Å². The SMILES string of the molecule is CC1CN(c2cc(F)ccc2NC(=O)C2CCC(NS(=O)(=O)C(C)(C)C)CC2)C[C@H](C)O1. The van der Waals surface area contributed by atoms with Crippen molar-refractivity contribution in [2.45, 2.75) is 83.3 Å². The van der Waals surface area contributed by atoms with E-state index in [4.69, 9.17) is 4.74 Å². The van der Waals surface area contributed by atoms with Crippen LogP contribution in [0.2, 0.25) is 0 Å². The van der Waals surface area contributed by atoms with Gasteiger partial charge in [-0.3, -0.25) is 4.79 Å². The minimum Gasteiger partial charge on any atom is -0.372 e. The van der Waals surface area contributed by atoms with Gasteiger partial charge in [-0.1, -0.05) is 0 Å². The Morgan fingerprint density at radius 3 is 2.25 bits per heavy atom. The van der Waals surface area contributed by atoms with E-state index in [0.717, 1.165) is 0 Å². The number of hydrogen-bond acceptors (Lipinski definition) is 5. The lowest BCUT2D eigenvalue weighted by molar-refractivity contribution is -0.120. The topological polar surface area (TPSA) is 87.7 Å². The highest BCUT2D eigenvalue weighted by atomic mass is 32.2. The van der Waals surface area contributed by atoms with Gasteiger partial charge in [-0.25, -0.2) is 17.5 Å². The Kier molecular flexibility index (Phi) is 7.51. The van der Waals surface area contributed by atoms with Crippen molar-refractivity contribution >= 4 is 27.3 Å². The van der Waals surface area contributed by atoms with Gasteiger partial charge in [0.1, 0.15) is 5.82 Å². The molecule has 0 bridgehead atoms. The molecule has 1 aromatic rings. The van der Waals surface area contributed by atoms with Gasteiger partial charge in [-0.15, -0.1) is 0 Å². The lowest BCUT2D eigenvalue weighted by Crippen LogP contribution is -2.46. The summed E-state index contributed by atoms with van der Waals surface area (Å²) in [4.78, 5) is 15.0. The van der Waals surface area contributed by atoms with Crippen molar-refractivity contribution in [2.75, 3.05) is 23.3 Å². The molecule has 3 rings (SSSR count). The Labute approximate surface area is 191 Å². The molecule has 0 aromatic heterocycles. The number of morpholine rings is 1. The smallest absolute Gasteiger partial charge is 0.227 e. The number of anilines is 2. The van der Waals surface area contributed by atoms with Gasteiger partial charge in [-0.05, 0) is 78.5 Å². The van der Waals surface area contributed by atoms with E-state index in [1.54, 1.807) is 26.8 Å². The Morgan fingerprint density at radius 2 is 1.69 bits per heavy atom. The Hall–Kier alpha value is -1.71. The molecule has 2 atom stereocenters. The molecule has 7 nitrogen and oxygen atoms in total. The number of nitrogens with zero attached hydrogens (tertiary/aromatic N) is 1. The maximum Gasteiger partial charge on any atom is 0.227 e. The van der Waals surface area contributed by atoms with Crippen molar-refractivity contribution in [3.05, 3.63) is 24.0 Å². The fraction of sp³-hybridized carbons (Fsp3) is 0.696. The predicted molar refractivity (Wildman–Crippen MR) is 125 cm³/mol. The molecule has 1 aromatic carbocycles. The van der Waals surface area contributed by atoms with Gasteiger partial charge >= 0.3 is 0 Å². The summed E-state index contributed by atoms with van der Waals surface area (Å²) in [5, 5.41) is 3.00. The maximum absolute atomic E-state index is 14.0. The monoisotopic (exact) mass is 469 g/mol. The van der Waals surface area contributed by atoms with Crippen LogP contribution in [0.1, 0.15) is 60.3 Å². The van der Waals surface area contributed by atoms with E-state index in [1.165, 1.54) is 12.1 Å². The van der Waals surface area contributed by atoms with Crippen LogP contribution < -0.4 is 14.9 Å². The van der Waals surface area contributed by atoms with E-state index in [1.807, 2.05) is 13.8 Å². The molecule has 0 radical (unpaired) electrons. The van der Waals surface area contributed by atoms with Crippen LogP contribution in [0.4, 0.5) is 15.8 Å². The van der Waals surface area contributed by atoms with Crippen LogP contribution in [0.15, 0.2) is 18.2 Å². The molecule has 1 aliphatic heterocycles. The molecule has 2 fully saturated rings. The van der Waals surface area contributed by atoms with Crippen LogP contribution in [-0.4, -0.2) is 50.4 Å². The van der Waals surface area contributed by atoms with E-state index in [2.05, 4.69) is 14.9 Å². The molecule has 1 aliphatic carbocycles. The minimum atomic E-state index is -3.42. The zero-order valence-corrected chi connectivity index (χ0v) is 20.5. The summed E-state index contributed by atoms with van der Waals surface area (Å²) in [6.45, 7) is 10.2. The van der Waals surface area contributed by atoms with E-state index < -0.39 is 14.8 Å². The average molecular weight is 470 g/mol. The fourth-order valence-electron chi connectivity index (χ4n) is 4.35. The summed E-state index contributed by atoms with van der Waals surface area (Å²) >= 11 is 0.